The summed E-state index contributed by atoms with van der Waals surface area (Å²) in [4.78, 5) is 37.8. The lowest BCUT2D eigenvalue weighted by molar-refractivity contribution is -0.124. The van der Waals surface area contributed by atoms with Gasteiger partial charge < -0.3 is 14.8 Å². The maximum absolute atomic E-state index is 12.5. The van der Waals surface area contributed by atoms with Crippen LogP contribution in [0, 0.1) is 0 Å². The first-order valence-electron chi connectivity index (χ1n) is 7.89. The molecule has 0 saturated carbocycles. The van der Waals surface area contributed by atoms with Crippen molar-refractivity contribution in [2.75, 3.05) is 26.3 Å². The number of nitrogens with zero attached hydrogens (tertiary/aromatic N) is 1. The van der Waals surface area contributed by atoms with Crippen LogP contribution in [0.3, 0.4) is 0 Å². The summed E-state index contributed by atoms with van der Waals surface area (Å²) in [6, 6.07) is 4.87. The van der Waals surface area contributed by atoms with E-state index >= 15 is 0 Å². The molecular weight excluding hydrogens is 415 g/mol. The van der Waals surface area contributed by atoms with Gasteiger partial charge in [-0.3, -0.25) is 19.3 Å². The molecule has 3 rings (SSSR count). The highest BCUT2D eigenvalue weighted by Gasteiger charge is 2.34. The first-order chi connectivity index (χ1) is 13.0. The summed E-state index contributed by atoms with van der Waals surface area (Å²) in [5.41, 5.74) is 0.584. The molecule has 0 spiro atoms. The van der Waals surface area contributed by atoms with Crippen molar-refractivity contribution in [3.05, 3.63) is 50.7 Å². The summed E-state index contributed by atoms with van der Waals surface area (Å²) < 4.78 is 10.2. The average Bonchev–Trinajstić information content (AvgIpc) is 2.92. The van der Waals surface area contributed by atoms with E-state index in [0.717, 1.165) is 16.7 Å². The molecule has 0 radical (unpaired) electrons. The lowest BCUT2D eigenvalue weighted by atomic mass is 10.2. The average molecular weight is 429 g/mol. The van der Waals surface area contributed by atoms with Crippen molar-refractivity contribution >= 4 is 58.1 Å². The maximum atomic E-state index is 12.5. The Bertz CT molecular complexity index is 856. The molecule has 1 N–H and O–H groups in total. The first kappa shape index (κ1) is 19.6. The molecule has 0 aliphatic carbocycles. The predicted octanol–water partition coefficient (Wildman–Crippen LogP) is 3.03. The van der Waals surface area contributed by atoms with Crippen LogP contribution in [0.5, 0.6) is 0 Å². The third kappa shape index (κ3) is 4.77. The molecular formula is C17H14Cl2N2O5S. The number of carbonyl (C=O) groups is 3. The highest BCUT2D eigenvalue weighted by molar-refractivity contribution is 8.18. The molecule has 7 nitrogen and oxygen atoms in total. The van der Waals surface area contributed by atoms with E-state index in [9.17, 15) is 14.4 Å². The van der Waals surface area contributed by atoms with Gasteiger partial charge in [0.05, 0.1) is 4.91 Å². The molecule has 0 unspecified atom stereocenters. The van der Waals surface area contributed by atoms with Gasteiger partial charge in [0.25, 0.3) is 17.1 Å². The molecule has 10 heteroatoms. The van der Waals surface area contributed by atoms with Crippen LogP contribution in [-0.4, -0.2) is 48.3 Å². The van der Waals surface area contributed by atoms with Crippen molar-refractivity contribution < 1.29 is 23.9 Å². The summed E-state index contributed by atoms with van der Waals surface area (Å²) >= 11 is 12.8. The number of hydrogen-bond acceptors (Lipinski definition) is 6. The minimum atomic E-state index is -0.467. The van der Waals surface area contributed by atoms with E-state index in [2.05, 4.69) is 5.32 Å². The summed E-state index contributed by atoms with van der Waals surface area (Å²) in [5, 5.41) is 3.02. The van der Waals surface area contributed by atoms with Crippen LogP contribution in [0.4, 0.5) is 4.79 Å². The van der Waals surface area contributed by atoms with Gasteiger partial charge in [0.2, 0.25) is 5.76 Å². The minimum Gasteiger partial charge on any atom is -0.494 e. The topological polar surface area (TPSA) is 84.9 Å². The van der Waals surface area contributed by atoms with Crippen molar-refractivity contribution in [3.8, 4) is 0 Å². The smallest absolute Gasteiger partial charge is 0.293 e. The fraction of sp³-hybridized carbons (Fsp3) is 0.235. The molecule has 1 aromatic carbocycles. The van der Waals surface area contributed by atoms with E-state index < -0.39 is 17.1 Å². The lowest BCUT2D eigenvalue weighted by Crippen LogP contribution is -2.38. The van der Waals surface area contributed by atoms with Crippen molar-refractivity contribution in [2.45, 2.75) is 0 Å². The second-order valence-electron chi connectivity index (χ2n) is 5.46. The quantitative estimate of drug-likeness (QED) is 0.725. The van der Waals surface area contributed by atoms with Crippen molar-refractivity contribution in [1.29, 1.82) is 0 Å². The van der Waals surface area contributed by atoms with Crippen LogP contribution < -0.4 is 5.32 Å². The Morgan fingerprint density at radius 1 is 1.30 bits per heavy atom. The van der Waals surface area contributed by atoms with E-state index in [1.807, 2.05) is 0 Å². The van der Waals surface area contributed by atoms with Crippen LogP contribution >= 0.6 is 35.0 Å². The van der Waals surface area contributed by atoms with E-state index in [1.165, 1.54) is 6.26 Å². The number of ether oxygens (including phenoxy) is 2. The van der Waals surface area contributed by atoms with E-state index in [4.69, 9.17) is 32.7 Å². The molecule has 142 valence electrons. The van der Waals surface area contributed by atoms with Gasteiger partial charge in [-0.1, -0.05) is 29.3 Å². The highest BCUT2D eigenvalue weighted by atomic mass is 35.5. The molecule has 2 aliphatic heterocycles. The SMILES string of the molecule is O=C(NCCN1C(=O)S/C(=C\c2ccc(Cl)cc2Cl)C1=O)C1=COCCO1. The lowest BCUT2D eigenvalue weighted by Gasteiger charge is -2.16. The Morgan fingerprint density at radius 2 is 2.11 bits per heavy atom. The summed E-state index contributed by atoms with van der Waals surface area (Å²) in [5.74, 6) is -0.848. The second-order valence-corrected chi connectivity index (χ2v) is 7.29. The number of imide groups is 1. The molecule has 1 aromatic rings. The largest absolute Gasteiger partial charge is 0.494 e. The Morgan fingerprint density at radius 3 is 2.81 bits per heavy atom. The number of hydrogen-bond donors (Lipinski definition) is 1. The number of carbonyl (C=O) groups excluding carboxylic acids is 3. The fourth-order valence-electron chi connectivity index (χ4n) is 2.31. The van der Waals surface area contributed by atoms with E-state index in [1.54, 1.807) is 24.3 Å². The fourth-order valence-corrected chi connectivity index (χ4v) is 3.63. The molecule has 27 heavy (non-hydrogen) atoms. The number of halogens is 2. The van der Waals surface area contributed by atoms with Crippen LogP contribution in [0.2, 0.25) is 10.0 Å². The second kappa shape index (κ2) is 8.69. The van der Waals surface area contributed by atoms with Gasteiger partial charge in [-0.2, -0.15) is 0 Å². The zero-order valence-electron chi connectivity index (χ0n) is 13.9. The number of thioether (sulfide) groups is 1. The normalized spacial score (nSPS) is 18.2. The van der Waals surface area contributed by atoms with Gasteiger partial charge in [0.15, 0.2) is 0 Å². The molecule has 1 saturated heterocycles. The van der Waals surface area contributed by atoms with Gasteiger partial charge in [0, 0.05) is 23.1 Å². The third-order valence-corrected chi connectivity index (χ3v) is 5.09. The number of benzene rings is 1. The van der Waals surface area contributed by atoms with E-state index in [-0.39, 0.29) is 23.8 Å². The maximum Gasteiger partial charge on any atom is 0.293 e. The monoisotopic (exact) mass is 428 g/mol. The number of nitrogens with one attached hydrogen (secondary N) is 1. The van der Waals surface area contributed by atoms with Gasteiger partial charge in [-0.25, -0.2) is 0 Å². The molecule has 0 aromatic heterocycles. The van der Waals surface area contributed by atoms with Gasteiger partial charge in [-0.15, -0.1) is 0 Å². The van der Waals surface area contributed by atoms with Crippen LogP contribution in [0.1, 0.15) is 5.56 Å². The first-order valence-corrected chi connectivity index (χ1v) is 9.46. The Balaban J connectivity index is 1.60. The molecule has 1 fully saturated rings. The summed E-state index contributed by atoms with van der Waals surface area (Å²) in [6.07, 6.45) is 2.78. The van der Waals surface area contributed by atoms with Crippen LogP contribution in [-0.2, 0) is 19.1 Å². The molecule has 3 amide bonds. The number of amides is 3. The van der Waals surface area contributed by atoms with Crippen molar-refractivity contribution in [2.24, 2.45) is 0 Å². The zero-order valence-corrected chi connectivity index (χ0v) is 16.2. The minimum absolute atomic E-state index is 0.0379. The van der Waals surface area contributed by atoms with Crippen LogP contribution in [0.15, 0.2) is 35.1 Å². The molecule has 2 heterocycles. The standard InChI is InChI=1S/C17H14Cl2N2O5S/c18-11-2-1-10(12(19)8-11)7-14-16(23)21(17(24)27-14)4-3-20-15(22)13-9-25-5-6-26-13/h1-2,7-9H,3-6H2,(H,20,22)/b14-7-. The highest BCUT2D eigenvalue weighted by Crippen LogP contribution is 2.33. The van der Waals surface area contributed by atoms with Crippen LogP contribution in [0.25, 0.3) is 6.08 Å². The van der Waals surface area contributed by atoms with Crippen molar-refractivity contribution in [1.82, 2.24) is 10.2 Å². The molecule has 0 bridgehead atoms. The summed E-state index contributed by atoms with van der Waals surface area (Å²) in [7, 11) is 0. The Kier molecular flexibility index (Phi) is 6.30. The van der Waals surface area contributed by atoms with Crippen molar-refractivity contribution in [3.63, 3.8) is 0 Å². The van der Waals surface area contributed by atoms with Gasteiger partial charge in [0.1, 0.15) is 19.5 Å². The number of rotatable bonds is 5. The molecule has 0 atom stereocenters. The Labute approximate surface area is 169 Å². The molecule has 2 aliphatic rings. The van der Waals surface area contributed by atoms with E-state index in [0.29, 0.717) is 28.8 Å². The summed E-state index contributed by atoms with van der Waals surface area (Å²) in [6.45, 7) is 0.806. The van der Waals surface area contributed by atoms with Gasteiger partial charge in [-0.05, 0) is 35.5 Å². The van der Waals surface area contributed by atoms with Gasteiger partial charge >= 0.3 is 0 Å². The third-order valence-electron chi connectivity index (χ3n) is 3.62. The Hall–Kier alpha value is -2.16. The predicted molar refractivity (Wildman–Crippen MR) is 102 cm³/mol. The zero-order chi connectivity index (χ0) is 19.4.